The van der Waals surface area contributed by atoms with Crippen LogP contribution in [0.1, 0.15) is 33.3 Å². The second kappa shape index (κ2) is 6.96. The van der Waals surface area contributed by atoms with Gasteiger partial charge in [-0.1, -0.05) is 30.3 Å². The highest BCUT2D eigenvalue weighted by atomic mass is 16.6. The normalized spacial score (nSPS) is 19.6. The van der Waals surface area contributed by atoms with Crippen LogP contribution in [-0.4, -0.2) is 36.9 Å². The summed E-state index contributed by atoms with van der Waals surface area (Å²) in [4.78, 5) is 24.7. The molecule has 0 bridgehead atoms. The average molecular weight is 318 g/mol. The number of carbonyl (C=O) groups excluding carboxylic acids is 2. The molecule has 1 heterocycles. The van der Waals surface area contributed by atoms with Crippen LogP contribution in [0.4, 0.5) is 0 Å². The lowest BCUT2D eigenvalue weighted by atomic mass is 9.88. The maximum Gasteiger partial charge on any atom is 0.340 e. The Morgan fingerprint density at radius 1 is 1.09 bits per heavy atom. The molecule has 0 aliphatic carbocycles. The molecule has 23 heavy (non-hydrogen) atoms. The van der Waals surface area contributed by atoms with Gasteiger partial charge in [0.25, 0.3) is 0 Å². The summed E-state index contributed by atoms with van der Waals surface area (Å²) in [7, 11) is 0. The van der Waals surface area contributed by atoms with E-state index in [1.807, 2.05) is 44.2 Å². The fourth-order valence-electron chi connectivity index (χ4n) is 2.78. The van der Waals surface area contributed by atoms with Gasteiger partial charge in [0.1, 0.15) is 0 Å². The third kappa shape index (κ3) is 3.45. The molecule has 5 nitrogen and oxygen atoms in total. The van der Waals surface area contributed by atoms with E-state index in [9.17, 15) is 9.59 Å². The van der Waals surface area contributed by atoms with E-state index in [1.54, 1.807) is 13.8 Å². The molecule has 1 aliphatic rings. The molecular formula is C18H22O5. The molecule has 2 rings (SSSR count). The molecule has 0 saturated carbocycles. The molecule has 0 radical (unpaired) electrons. The summed E-state index contributed by atoms with van der Waals surface area (Å²) in [5.74, 6) is -1.12. The second-order valence-electron chi connectivity index (χ2n) is 5.64. The van der Waals surface area contributed by atoms with E-state index in [4.69, 9.17) is 14.2 Å². The molecule has 0 aromatic heterocycles. The standard InChI is InChI=1S/C18H22O5/c1-5-21-16(19)13-14(12-10-8-7-9-11-12)18(3,4)23-15(13)17(20)22-6-2/h7-11,15H,5-6H2,1-4H3. The Balaban J connectivity index is 2.58. The van der Waals surface area contributed by atoms with Crippen molar-refractivity contribution in [3.8, 4) is 0 Å². The van der Waals surface area contributed by atoms with Gasteiger partial charge in [0.05, 0.1) is 24.4 Å². The van der Waals surface area contributed by atoms with Gasteiger partial charge in [-0.05, 0) is 33.3 Å². The number of hydrogen-bond donors (Lipinski definition) is 0. The fraction of sp³-hybridized carbons (Fsp3) is 0.444. The Labute approximate surface area is 136 Å². The lowest BCUT2D eigenvalue weighted by Crippen LogP contribution is -2.32. The monoisotopic (exact) mass is 318 g/mol. The van der Waals surface area contributed by atoms with Crippen molar-refractivity contribution in [2.24, 2.45) is 0 Å². The quantitative estimate of drug-likeness (QED) is 0.781. The van der Waals surface area contributed by atoms with E-state index in [1.165, 1.54) is 0 Å². The first-order valence-electron chi connectivity index (χ1n) is 7.74. The third-order valence-corrected chi connectivity index (χ3v) is 3.60. The van der Waals surface area contributed by atoms with Crippen molar-refractivity contribution < 1.29 is 23.8 Å². The summed E-state index contributed by atoms with van der Waals surface area (Å²) in [5.41, 5.74) is 0.907. The molecule has 1 unspecified atom stereocenters. The van der Waals surface area contributed by atoms with Crippen molar-refractivity contribution in [2.75, 3.05) is 13.2 Å². The van der Waals surface area contributed by atoms with E-state index in [0.717, 1.165) is 5.56 Å². The van der Waals surface area contributed by atoms with Gasteiger partial charge in [0.2, 0.25) is 0 Å². The Morgan fingerprint density at radius 3 is 2.26 bits per heavy atom. The number of carbonyl (C=O) groups is 2. The Bertz CT molecular complexity index is 616. The Hall–Kier alpha value is -2.14. The molecule has 1 aliphatic heterocycles. The zero-order chi connectivity index (χ0) is 17.0. The first-order valence-corrected chi connectivity index (χ1v) is 7.74. The van der Waals surface area contributed by atoms with Gasteiger partial charge in [-0.3, -0.25) is 0 Å². The summed E-state index contributed by atoms with van der Waals surface area (Å²) in [6.07, 6.45) is -1.07. The molecule has 0 spiro atoms. The predicted molar refractivity (Wildman–Crippen MR) is 85.6 cm³/mol. The molecule has 0 N–H and O–H groups in total. The van der Waals surface area contributed by atoms with Gasteiger partial charge < -0.3 is 14.2 Å². The van der Waals surface area contributed by atoms with Gasteiger partial charge in [0.15, 0.2) is 6.10 Å². The molecule has 0 fully saturated rings. The van der Waals surface area contributed by atoms with E-state index in [-0.39, 0.29) is 18.8 Å². The van der Waals surface area contributed by atoms with Crippen molar-refractivity contribution >= 4 is 17.5 Å². The number of hydrogen-bond acceptors (Lipinski definition) is 5. The van der Waals surface area contributed by atoms with Crippen molar-refractivity contribution in [1.29, 1.82) is 0 Å². The topological polar surface area (TPSA) is 61.8 Å². The largest absolute Gasteiger partial charge is 0.464 e. The number of benzene rings is 1. The third-order valence-electron chi connectivity index (χ3n) is 3.60. The number of esters is 2. The summed E-state index contributed by atoms with van der Waals surface area (Å²) < 4.78 is 16.1. The minimum Gasteiger partial charge on any atom is -0.464 e. The Kier molecular flexibility index (Phi) is 5.21. The molecular weight excluding hydrogens is 296 g/mol. The first-order chi connectivity index (χ1) is 10.9. The van der Waals surface area contributed by atoms with Gasteiger partial charge in [-0.2, -0.15) is 0 Å². The predicted octanol–water partition coefficient (Wildman–Crippen LogP) is 2.74. The summed E-state index contributed by atoms with van der Waals surface area (Å²) >= 11 is 0. The van der Waals surface area contributed by atoms with Crippen LogP contribution < -0.4 is 0 Å². The van der Waals surface area contributed by atoms with Gasteiger partial charge in [0, 0.05) is 5.57 Å². The van der Waals surface area contributed by atoms with Crippen LogP contribution in [0.15, 0.2) is 35.9 Å². The molecule has 0 amide bonds. The highest BCUT2D eigenvalue weighted by Gasteiger charge is 2.48. The highest BCUT2D eigenvalue weighted by Crippen LogP contribution is 2.43. The van der Waals surface area contributed by atoms with Crippen LogP contribution in [0.5, 0.6) is 0 Å². The van der Waals surface area contributed by atoms with Crippen LogP contribution in [0, 0.1) is 0 Å². The lowest BCUT2D eigenvalue weighted by Gasteiger charge is -2.23. The summed E-state index contributed by atoms with van der Waals surface area (Å²) in [6.45, 7) is 7.53. The number of rotatable bonds is 5. The smallest absolute Gasteiger partial charge is 0.340 e. The van der Waals surface area contributed by atoms with Crippen LogP contribution in [-0.2, 0) is 23.8 Å². The van der Waals surface area contributed by atoms with Crippen molar-refractivity contribution in [3.05, 3.63) is 41.5 Å². The van der Waals surface area contributed by atoms with Gasteiger partial charge in [-0.15, -0.1) is 0 Å². The van der Waals surface area contributed by atoms with Crippen LogP contribution in [0.2, 0.25) is 0 Å². The maximum atomic E-state index is 12.5. The number of ether oxygens (including phenoxy) is 3. The van der Waals surface area contributed by atoms with E-state index in [2.05, 4.69) is 0 Å². The van der Waals surface area contributed by atoms with Gasteiger partial charge >= 0.3 is 11.9 Å². The summed E-state index contributed by atoms with van der Waals surface area (Å²) in [5, 5.41) is 0. The van der Waals surface area contributed by atoms with E-state index in [0.29, 0.717) is 5.57 Å². The van der Waals surface area contributed by atoms with Crippen molar-refractivity contribution in [1.82, 2.24) is 0 Å². The lowest BCUT2D eigenvalue weighted by molar-refractivity contribution is -0.160. The van der Waals surface area contributed by atoms with Crippen LogP contribution >= 0.6 is 0 Å². The first kappa shape index (κ1) is 17.2. The zero-order valence-electron chi connectivity index (χ0n) is 13.9. The highest BCUT2D eigenvalue weighted by molar-refractivity contribution is 6.07. The van der Waals surface area contributed by atoms with E-state index >= 15 is 0 Å². The average Bonchev–Trinajstić information content (AvgIpc) is 2.80. The van der Waals surface area contributed by atoms with Crippen molar-refractivity contribution in [3.63, 3.8) is 0 Å². The van der Waals surface area contributed by atoms with Crippen LogP contribution in [0.25, 0.3) is 5.57 Å². The minimum atomic E-state index is -1.07. The molecule has 0 saturated heterocycles. The van der Waals surface area contributed by atoms with Crippen molar-refractivity contribution in [2.45, 2.75) is 39.4 Å². The Morgan fingerprint density at radius 2 is 1.70 bits per heavy atom. The molecule has 5 heteroatoms. The minimum absolute atomic E-state index is 0.218. The fourth-order valence-corrected chi connectivity index (χ4v) is 2.78. The second-order valence-corrected chi connectivity index (χ2v) is 5.64. The van der Waals surface area contributed by atoms with E-state index < -0.39 is 23.6 Å². The zero-order valence-corrected chi connectivity index (χ0v) is 13.9. The van der Waals surface area contributed by atoms with Crippen LogP contribution in [0.3, 0.4) is 0 Å². The summed E-state index contributed by atoms with van der Waals surface area (Å²) in [6, 6.07) is 9.40. The molecule has 1 atom stereocenters. The molecule has 1 aromatic rings. The molecule has 1 aromatic carbocycles. The SMILES string of the molecule is CCOC(=O)C1=C(c2ccccc2)C(C)(C)OC1C(=O)OCC. The maximum absolute atomic E-state index is 12.5. The van der Waals surface area contributed by atoms with Gasteiger partial charge in [-0.25, -0.2) is 9.59 Å². The molecule has 124 valence electrons.